The minimum atomic E-state index is -0.908. The molecule has 2 atom stereocenters. The van der Waals surface area contributed by atoms with Gasteiger partial charge in [0.15, 0.2) is 0 Å². The third-order valence-corrected chi connectivity index (χ3v) is 4.97. The smallest absolute Gasteiger partial charge is 0.0541 e. The van der Waals surface area contributed by atoms with Gasteiger partial charge in [0, 0.05) is 16.3 Å². The third kappa shape index (κ3) is 5.32. The largest absolute Gasteiger partial charge is 0.314 e. The minimum Gasteiger partial charge on any atom is -0.314 e. The summed E-state index contributed by atoms with van der Waals surface area (Å²) in [5.41, 5.74) is 0. The first-order chi connectivity index (χ1) is 8.15. The van der Waals surface area contributed by atoms with Crippen LogP contribution in [0.25, 0.3) is 0 Å². The summed E-state index contributed by atoms with van der Waals surface area (Å²) in [4.78, 5) is 0.898. The Hall–Kier alpha value is -0.190. The molecule has 1 aromatic rings. The summed E-state index contributed by atoms with van der Waals surface area (Å²) in [5.74, 6) is 0.709. The predicted octanol–water partition coefficient (Wildman–Crippen LogP) is 3.33. The molecule has 0 spiro atoms. The summed E-state index contributed by atoms with van der Waals surface area (Å²) in [5, 5.41) is 3.41. The molecule has 96 valence electrons. The van der Waals surface area contributed by atoms with Crippen molar-refractivity contribution in [2.24, 2.45) is 0 Å². The molecule has 1 rings (SSSR count). The van der Waals surface area contributed by atoms with E-state index in [-0.39, 0.29) is 0 Å². The van der Waals surface area contributed by atoms with Crippen LogP contribution in [0.15, 0.2) is 33.6 Å². The summed E-state index contributed by atoms with van der Waals surface area (Å²) in [6, 6.07) is 8.16. The summed E-state index contributed by atoms with van der Waals surface area (Å²) in [6.45, 7) is 5.33. The number of halogens is 1. The summed E-state index contributed by atoms with van der Waals surface area (Å²) >= 11 is 3.44. The molecule has 0 heterocycles. The Morgan fingerprint density at radius 2 is 2.12 bits per heavy atom. The number of hydrogen-bond donors (Lipinski definition) is 1. The molecule has 0 aromatic heterocycles. The highest BCUT2D eigenvalue weighted by Crippen LogP contribution is 2.20. The zero-order valence-electron chi connectivity index (χ0n) is 10.4. The molecule has 0 radical (unpaired) electrons. The van der Waals surface area contributed by atoms with Crippen LogP contribution >= 0.6 is 15.9 Å². The van der Waals surface area contributed by atoms with Gasteiger partial charge in [-0.3, -0.25) is 4.21 Å². The lowest BCUT2D eigenvalue weighted by molar-refractivity contribution is 0.533. The Bertz CT molecular complexity index is 370. The van der Waals surface area contributed by atoms with Gasteiger partial charge in [-0.05, 0) is 54.4 Å². The molecule has 0 aliphatic carbocycles. The van der Waals surface area contributed by atoms with Crippen LogP contribution in [0.5, 0.6) is 0 Å². The molecule has 17 heavy (non-hydrogen) atoms. The highest BCUT2D eigenvalue weighted by atomic mass is 79.9. The molecule has 0 saturated heterocycles. The van der Waals surface area contributed by atoms with Crippen molar-refractivity contribution in [3.8, 4) is 0 Å². The molecule has 0 fully saturated rings. The Kier molecular flexibility index (Phi) is 7.00. The van der Waals surface area contributed by atoms with Crippen molar-refractivity contribution in [1.82, 2.24) is 5.32 Å². The first-order valence-corrected chi connectivity index (χ1v) is 8.12. The van der Waals surface area contributed by atoms with E-state index in [0.29, 0.717) is 11.8 Å². The van der Waals surface area contributed by atoms with E-state index in [4.69, 9.17) is 0 Å². The molecule has 2 nitrogen and oxygen atoms in total. The fourth-order valence-corrected chi connectivity index (χ4v) is 3.65. The average Bonchev–Trinajstić information content (AvgIpc) is 2.34. The second-order valence-corrected chi connectivity index (χ2v) is 6.52. The molecule has 0 aliphatic heterocycles. The van der Waals surface area contributed by atoms with Crippen LogP contribution in [-0.4, -0.2) is 22.5 Å². The lowest BCUT2D eigenvalue weighted by Gasteiger charge is -2.12. The number of hydrogen-bond acceptors (Lipinski definition) is 2. The van der Waals surface area contributed by atoms with Crippen LogP contribution in [-0.2, 0) is 10.8 Å². The maximum atomic E-state index is 12.1. The lowest BCUT2D eigenvalue weighted by Crippen LogP contribution is -2.28. The van der Waals surface area contributed by atoms with Crippen molar-refractivity contribution in [2.75, 3.05) is 12.3 Å². The van der Waals surface area contributed by atoms with E-state index in [9.17, 15) is 4.21 Å². The molecule has 2 unspecified atom stereocenters. The van der Waals surface area contributed by atoms with E-state index in [1.54, 1.807) is 0 Å². The second kappa shape index (κ2) is 8.01. The van der Waals surface area contributed by atoms with Crippen molar-refractivity contribution >= 4 is 26.7 Å². The van der Waals surface area contributed by atoms with Gasteiger partial charge in [0.25, 0.3) is 0 Å². The highest BCUT2D eigenvalue weighted by molar-refractivity contribution is 9.10. The fraction of sp³-hybridized carbons (Fsp3) is 0.538. The Balaban J connectivity index is 2.42. The van der Waals surface area contributed by atoms with E-state index < -0.39 is 10.8 Å². The first kappa shape index (κ1) is 14.9. The zero-order chi connectivity index (χ0) is 12.7. The minimum absolute atomic E-state index is 0.432. The van der Waals surface area contributed by atoms with Gasteiger partial charge >= 0.3 is 0 Å². The van der Waals surface area contributed by atoms with Gasteiger partial charge in [0.05, 0.1) is 15.7 Å². The Morgan fingerprint density at radius 1 is 1.41 bits per heavy atom. The van der Waals surface area contributed by atoms with Crippen LogP contribution < -0.4 is 5.32 Å². The lowest BCUT2D eigenvalue weighted by atomic mass is 10.2. The van der Waals surface area contributed by atoms with Gasteiger partial charge in [-0.25, -0.2) is 0 Å². The number of benzene rings is 1. The van der Waals surface area contributed by atoms with Gasteiger partial charge in [0.2, 0.25) is 0 Å². The van der Waals surface area contributed by atoms with Gasteiger partial charge in [-0.15, -0.1) is 0 Å². The van der Waals surface area contributed by atoms with Gasteiger partial charge in [-0.1, -0.05) is 19.1 Å². The van der Waals surface area contributed by atoms with E-state index >= 15 is 0 Å². The molecule has 0 bridgehead atoms. The SMILES string of the molecule is CCCNC(C)CCS(=O)c1ccccc1Br. The summed E-state index contributed by atoms with van der Waals surface area (Å²) < 4.78 is 13.0. The molecule has 0 aliphatic rings. The van der Waals surface area contributed by atoms with E-state index in [1.807, 2.05) is 24.3 Å². The average molecular weight is 318 g/mol. The molecule has 0 amide bonds. The third-order valence-electron chi connectivity index (χ3n) is 2.56. The molecule has 0 saturated carbocycles. The maximum absolute atomic E-state index is 12.1. The maximum Gasteiger partial charge on any atom is 0.0541 e. The van der Waals surface area contributed by atoms with Crippen molar-refractivity contribution in [2.45, 2.75) is 37.6 Å². The Labute approximate surface area is 115 Å². The summed E-state index contributed by atoms with van der Waals surface area (Å²) in [6.07, 6.45) is 2.08. The van der Waals surface area contributed by atoms with Crippen molar-refractivity contribution in [1.29, 1.82) is 0 Å². The molecule has 4 heteroatoms. The van der Waals surface area contributed by atoms with Crippen molar-refractivity contribution < 1.29 is 4.21 Å². The predicted molar refractivity (Wildman–Crippen MR) is 77.8 cm³/mol. The van der Waals surface area contributed by atoms with Gasteiger partial charge in [-0.2, -0.15) is 0 Å². The van der Waals surface area contributed by atoms with Gasteiger partial charge in [0.1, 0.15) is 0 Å². The van der Waals surface area contributed by atoms with E-state index in [0.717, 1.165) is 28.8 Å². The summed E-state index contributed by atoms with van der Waals surface area (Å²) in [7, 11) is -0.908. The van der Waals surface area contributed by atoms with Crippen LogP contribution in [0.3, 0.4) is 0 Å². The number of nitrogens with one attached hydrogen (secondary N) is 1. The molecule has 1 N–H and O–H groups in total. The Morgan fingerprint density at radius 3 is 2.76 bits per heavy atom. The van der Waals surface area contributed by atoms with Crippen LogP contribution in [0.4, 0.5) is 0 Å². The molecular formula is C13H20BrNOS. The van der Waals surface area contributed by atoms with Crippen molar-refractivity contribution in [3.63, 3.8) is 0 Å². The molecule has 1 aromatic carbocycles. The monoisotopic (exact) mass is 317 g/mol. The van der Waals surface area contributed by atoms with Gasteiger partial charge < -0.3 is 5.32 Å². The fourth-order valence-electron chi connectivity index (χ4n) is 1.52. The van der Waals surface area contributed by atoms with Crippen molar-refractivity contribution in [3.05, 3.63) is 28.7 Å². The number of rotatable bonds is 7. The first-order valence-electron chi connectivity index (χ1n) is 6.01. The highest BCUT2D eigenvalue weighted by Gasteiger charge is 2.09. The zero-order valence-corrected chi connectivity index (χ0v) is 12.8. The standard InChI is InChI=1S/C13H20BrNOS/c1-3-9-15-11(2)8-10-17(16)13-7-5-4-6-12(13)14/h4-7,11,15H,3,8-10H2,1-2H3. The van der Waals surface area contributed by atoms with Crippen LogP contribution in [0.1, 0.15) is 26.7 Å². The molecular weight excluding hydrogens is 298 g/mol. The van der Waals surface area contributed by atoms with Crippen LogP contribution in [0, 0.1) is 0 Å². The second-order valence-electron chi connectivity index (χ2n) is 4.12. The normalized spacial score (nSPS) is 14.5. The van der Waals surface area contributed by atoms with Crippen LogP contribution in [0.2, 0.25) is 0 Å². The van der Waals surface area contributed by atoms with E-state index in [1.165, 1.54) is 0 Å². The van der Waals surface area contributed by atoms with E-state index in [2.05, 4.69) is 35.1 Å². The quantitative estimate of drug-likeness (QED) is 0.835. The topological polar surface area (TPSA) is 29.1 Å².